The van der Waals surface area contributed by atoms with Gasteiger partial charge in [0.1, 0.15) is 6.33 Å². The van der Waals surface area contributed by atoms with Crippen molar-refractivity contribution in [3.63, 3.8) is 0 Å². The first-order chi connectivity index (χ1) is 12.3. The molecule has 0 radical (unpaired) electrons. The molecule has 1 saturated heterocycles. The molecule has 1 aromatic heterocycles. The molecule has 2 heterocycles. The number of anilines is 1. The van der Waals surface area contributed by atoms with E-state index in [0.29, 0.717) is 0 Å². The first-order valence-corrected chi connectivity index (χ1v) is 9.18. The largest absolute Gasteiger partial charge is 0.325 e. The molecule has 1 amide bonds. The molecular formula is C18H24N6O. The van der Waals surface area contributed by atoms with Gasteiger partial charge in [0.15, 0.2) is 0 Å². The summed E-state index contributed by atoms with van der Waals surface area (Å²) in [5.74, 6) is 0.876. The maximum absolute atomic E-state index is 12.8. The van der Waals surface area contributed by atoms with Crippen molar-refractivity contribution in [2.45, 2.75) is 44.6 Å². The summed E-state index contributed by atoms with van der Waals surface area (Å²) < 4.78 is 1.58. The highest BCUT2D eigenvalue weighted by Crippen LogP contribution is 2.29. The van der Waals surface area contributed by atoms with Crippen LogP contribution in [0.4, 0.5) is 5.69 Å². The SMILES string of the molecule is O=C(Nc1cccc(-n2cnnn2)c1)[C@H]1CCCN1CC1CCCC1. The molecule has 2 aliphatic rings. The van der Waals surface area contributed by atoms with Crippen LogP contribution in [-0.2, 0) is 4.79 Å². The predicted octanol–water partition coefficient (Wildman–Crippen LogP) is 2.26. The van der Waals surface area contributed by atoms with Crippen molar-refractivity contribution in [3.8, 4) is 5.69 Å². The monoisotopic (exact) mass is 340 g/mol. The Labute approximate surface area is 147 Å². The summed E-state index contributed by atoms with van der Waals surface area (Å²) in [5, 5.41) is 14.3. The van der Waals surface area contributed by atoms with E-state index in [4.69, 9.17) is 0 Å². The van der Waals surface area contributed by atoms with Crippen LogP contribution in [0.1, 0.15) is 38.5 Å². The molecule has 1 aliphatic heterocycles. The molecule has 1 N–H and O–H groups in total. The van der Waals surface area contributed by atoms with Gasteiger partial charge in [-0.1, -0.05) is 18.9 Å². The zero-order valence-corrected chi connectivity index (χ0v) is 14.3. The molecule has 1 atom stereocenters. The van der Waals surface area contributed by atoms with Crippen LogP contribution >= 0.6 is 0 Å². The number of carbonyl (C=O) groups excluding carboxylic acids is 1. The number of hydrogen-bond donors (Lipinski definition) is 1. The normalized spacial score (nSPS) is 21.7. The Morgan fingerprint density at radius 2 is 2.08 bits per heavy atom. The zero-order valence-electron chi connectivity index (χ0n) is 14.3. The number of nitrogens with one attached hydrogen (secondary N) is 1. The van der Waals surface area contributed by atoms with Crippen LogP contribution < -0.4 is 5.32 Å². The number of amides is 1. The molecule has 132 valence electrons. The number of benzene rings is 1. The summed E-state index contributed by atoms with van der Waals surface area (Å²) in [7, 11) is 0. The summed E-state index contributed by atoms with van der Waals surface area (Å²) in [5.41, 5.74) is 1.61. The van der Waals surface area contributed by atoms with Crippen molar-refractivity contribution in [1.29, 1.82) is 0 Å². The van der Waals surface area contributed by atoms with Gasteiger partial charge in [-0.25, -0.2) is 4.68 Å². The maximum atomic E-state index is 12.8. The van der Waals surface area contributed by atoms with E-state index >= 15 is 0 Å². The molecule has 25 heavy (non-hydrogen) atoms. The van der Waals surface area contributed by atoms with E-state index in [2.05, 4.69) is 25.7 Å². The summed E-state index contributed by atoms with van der Waals surface area (Å²) in [6.45, 7) is 2.11. The third kappa shape index (κ3) is 3.71. The third-order valence-corrected chi connectivity index (χ3v) is 5.36. The summed E-state index contributed by atoms with van der Waals surface area (Å²) >= 11 is 0. The minimum Gasteiger partial charge on any atom is -0.325 e. The Morgan fingerprint density at radius 1 is 1.20 bits per heavy atom. The maximum Gasteiger partial charge on any atom is 0.241 e. The van der Waals surface area contributed by atoms with Gasteiger partial charge < -0.3 is 5.32 Å². The fourth-order valence-electron chi connectivity index (χ4n) is 4.10. The minimum atomic E-state index is -0.00251. The Hall–Kier alpha value is -2.28. The van der Waals surface area contributed by atoms with E-state index in [0.717, 1.165) is 43.2 Å². The molecule has 0 unspecified atom stereocenters. The molecule has 2 fully saturated rings. The van der Waals surface area contributed by atoms with Crippen LogP contribution in [0.5, 0.6) is 0 Å². The lowest BCUT2D eigenvalue weighted by Crippen LogP contribution is -2.41. The van der Waals surface area contributed by atoms with Crippen LogP contribution in [0, 0.1) is 5.92 Å². The Morgan fingerprint density at radius 3 is 2.88 bits per heavy atom. The second-order valence-electron chi connectivity index (χ2n) is 7.10. The lowest BCUT2D eigenvalue weighted by atomic mass is 10.1. The van der Waals surface area contributed by atoms with Crippen LogP contribution in [0.25, 0.3) is 5.69 Å². The van der Waals surface area contributed by atoms with Crippen molar-refractivity contribution >= 4 is 11.6 Å². The first-order valence-electron chi connectivity index (χ1n) is 9.18. The number of carbonyl (C=O) groups is 1. The Kier molecular flexibility index (Phi) is 4.74. The van der Waals surface area contributed by atoms with Gasteiger partial charge in [0.2, 0.25) is 5.91 Å². The van der Waals surface area contributed by atoms with E-state index in [-0.39, 0.29) is 11.9 Å². The van der Waals surface area contributed by atoms with E-state index < -0.39 is 0 Å². The van der Waals surface area contributed by atoms with Crippen molar-refractivity contribution in [2.24, 2.45) is 5.92 Å². The van der Waals surface area contributed by atoms with Gasteiger partial charge in [-0.15, -0.1) is 5.10 Å². The van der Waals surface area contributed by atoms with E-state index in [1.54, 1.807) is 11.0 Å². The average molecular weight is 340 g/mol. The van der Waals surface area contributed by atoms with Gasteiger partial charge >= 0.3 is 0 Å². The van der Waals surface area contributed by atoms with E-state index in [9.17, 15) is 4.79 Å². The van der Waals surface area contributed by atoms with E-state index in [1.165, 1.54) is 25.7 Å². The van der Waals surface area contributed by atoms with Crippen molar-refractivity contribution in [1.82, 2.24) is 25.1 Å². The topological polar surface area (TPSA) is 75.9 Å². The standard InChI is InChI=1S/C18H24N6O/c25-18(17-9-4-10-23(17)12-14-5-1-2-6-14)20-15-7-3-8-16(11-15)24-13-19-21-22-24/h3,7-8,11,13-14,17H,1-2,4-6,9-10,12H2,(H,20,25)/t17-/m1/s1. The summed E-state index contributed by atoms with van der Waals surface area (Å²) in [4.78, 5) is 15.2. The van der Waals surface area contributed by atoms with Gasteiger partial charge in [-0.2, -0.15) is 0 Å². The van der Waals surface area contributed by atoms with Crippen LogP contribution in [0.2, 0.25) is 0 Å². The molecule has 7 heteroatoms. The second-order valence-corrected chi connectivity index (χ2v) is 7.10. The van der Waals surface area contributed by atoms with Crippen molar-refractivity contribution < 1.29 is 4.79 Å². The van der Waals surface area contributed by atoms with Gasteiger partial charge in [-0.05, 0) is 66.8 Å². The summed E-state index contributed by atoms with van der Waals surface area (Å²) in [6, 6.07) is 7.61. The molecule has 1 saturated carbocycles. The third-order valence-electron chi connectivity index (χ3n) is 5.36. The minimum absolute atomic E-state index is 0.00251. The number of aromatic nitrogens is 4. The summed E-state index contributed by atoms with van der Waals surface area (Å²) in [6.07, 6.45) is 8.93. The first kappa shape index (κ1) is 16.2. The lowest BCUT2D eigenvalue weighted by molar-refractivity contribution is -0.120. The van der Waals surface area contributed by atoms with Gasteiger partial charge in [0.25, 0.3) is 0 Å². The van der Waals surface area contributed by atoms with Crippen LogP contribution in [0.3, 0.4) is 0 Å². The van der Waals surface area contributed by atoms with Gasteiger partial charge in [0, 0.05) is 12.2 Å². The molecule has 0 spiro atoms. The number of likely N-dealkylation sites (tertiary alicyclic amines) is 1. The number of tetrazole rings is 1. The smallest absolute Gasteiger partial charge is 0.241 e. The Balaban J connectivity index is 1.41. The van der Waals surface area contributed by atoms with Crippen LogP contribution in [0.15, 0.2) is 30.6 Å². The molecule has 4 rings (SSSR count). The van der Waals surface area contributed by atoms with Crippen molar-refractivity contribution in [2.75, 3.05) is 18.4 Å². The highest BCUT2D eigenvalue weighted by Gasteiger charge is 2.32. The molecular weight excluding hydrogens is 316 g/mol. The average Bonchev–Trinajstić information content (AvgIpc) is 3.38. The number of nitrogens with zero attached hydrogens (tertiary/aromatic N) is 5. The van der Waals surface area contributed by atoms with Crippen LogP contribution in [-0.4, -0.2) is 50.1 Å². The van der Waals surface area contributed by atoms with Gasteiger partial charge in [-0.3, -0.25) is 9.69 Å². The number of hydrogen-bond acceptors (Lipinski definition) is 5. The Bertz CT molecular complexity index is 710. The van der Waals surface area contributed by atoms with Gasteiger partial charge in [0.05, 0.1) is 11.7 Å². The molecule has 0 bridgehead atoms. The quantitative estimate of drug-likeness (QED) is 0.903. The molecule has 1 aromatic carbocycles. The predicted molar refractivity (Wildman–Crippen MR) is 94.3 cm³/mol. The molecule has 2 aromatic rings. The highest BCUT2D eigenvalue weighted by molar-refractivity contribution is 5.95. The second kappa shape index (κ2) is 7.31. The zero-order chi connectivity index (χ0) is 17.1. The van der Waals surface area contributed by atoms with E-state index in [1.807, 2.05) is 24.3 Å². The molecule has 1 aliphatic carbocycles. The highest BCUT2D eigenvalue weighted by atomic mass is 16.2. The lowest BCUT2D eigenvalue weighted by Gasteiger charge is -2.26. The van der Waals surface area contributed by atoms with Crippen molar-refractivity contribution in [3.05, 3.63) is 30.6 Å². The molecule has 7 nitrogen and oxygen atoms in total. The number of rotatable bonds is 5. The fraction of sp³-hybridized carbons (Fsp3) is 0.556. The fourth-order valence-corrected chi connectivity index (χ4v) is 4.10.